The zero-order chi connectivity index (χ0) is 52.5. The summed E-state index contributed by atoms with van der Waals surface area (Å²) < 4.78 is 50.7. The van der Waals surface area contributed by atoms with Crippen molar-refractivity contribution in [2.45, 2.75) is 115 Å². The molecule has 7 heterocycles. The predicted octanol–water partition coefficient (Wildman–Crippen LogP) is 6.08. The second kappa shape index (κ2) is 22.3. The highest BCUT2D eigenvalue weighted by atomic mass is 32.5. The highest BCUT2D eigenvalue weighted by molar-refractivity contribution is 8.09. The molecule has 1 amide bonds. The van der Waals surface area contributed by atoms with Gasteiger partial charge >= 0.3 is 0 Å². The van der Waals surface area contributed by atoms with Crippen molar-refractivity contribution in [3.05, 3.63) is 82.5 Å². The number of fused-ring (bicyclic) bond motifs is 4. The number of nitrogens with zero attached hydrogens (tertiary/aromatic N) is 9. The molecule has 0 bridgehead atoms. The quantitative estimate of drug-likeness (QED) is 0.0400. The Hall–Kier alpha value is -4.60. The first kappa shape index (κ1) is 54.7. The highest BCUT2D eigenvalue weighted by Gasteiger charge is 2.54. The summed E-state index contributed by atoms with van der Waals surface area (Å²) in [5.41, 5.74) is 0.809. The van der Waals surface area contributed by atoms with Gasteiger partial charge in [0.15, 0.2) is 42.7 Å². The van der Waals surface area contributed by atoms with Gasteiger partial charge in [0.2, 0.25) is 6.54 Å². The van der Waals surface area contributed by atoms with Gasteiger partial charge in [-0.1, -0.05) is 59.7 Å². The number of carbonyl (C=O) groups excluding carboxylic acids is 2. The van der Waals surface area contributed by atoms with Crippen LogP contribution < -0.4 is 21.1 Å². The maximum absolute atomic E-state index is 13.3. The molecule has 0 spiro atoms. The number of benzene rings is 1. The lowest BCUT2D eigenvalue weighted by molar-refractivity contribution is -0.121. The third-order valence-electron chi connectivity index (χ3n) is 13.3. The van der Waals surface area contributed by atoms with Gasteiger partial charge in [0.25, 0.3) is 24.8 Å². The van der Waals surface area contributed by atoms with E-state index in [-0.39, 0.29) is 91.3 Å². The zero-order valence-electron chi connectivity index (χ0n) is 41.6. The minimum Gasteiger partial charge on any atom is -0.408 e. The number of anilines is 1. The van der Waals surface area contributed by atoms with E-state index in [4.69, 9.17) is 62.2 Å². The van der Waals surface area contributed by atoms with E-state index in [1.165, 1.54) is 12.7 Å². The molecule has 10 atom stereocenters. The number of aromatic amines is 1. The van der Waals surface area contributed by atoms with Crippen LogP contribution in [-0.4, -0.2) is 122 Å². The first-order valence-corrected chi connectivity index (χ1v) is 31.9. The first-order chi connectivity index (χ1) is 34.6. The van der Waals surface area contributed by atoms with Crippen LogP contribution in [0.4, 0.5) is 5.82 Å². The van der Waals surface area contributed by atoms with Gasteiger partial charge in [0, 0.05) is 17.4 Å². The van der Waals surface area contributed by atoms with Crippen molar-refractivity contribution in [1.29, 1.82) is 5.26 Å². The van der Waals surface area contributed by atoms with Crippen LogP contribution in [-0.2, 0) is 66.8 Å². The van der Waals surface area contributed by atoms with E-state index in [2.05, 4.69) is 90.2 Å². The van der Waals surface area contributed by atoms with E-state index in [1.807, 2.05) is 13.0 Å². The molecule has 3 fully saturated rings. The van der Waals surface area contributed by atoms with Crippen LogP contribution in [0.15, 0.2) is 54.1 Å². The standard InChI is InChI=1S/C45H59N13O10P2S2Si/c1-26(2)29(59)20-32-52-40-36(42(61)53-32)51-25-58(40)43-27(3)33-30(66-43)21-64-70(72,62-18-13-16-46)56-34-31(22-65-69(71,55-33)63-19-17-47-7)67-44(37(34)68-73(8,9)45(4,5)6)57-24-50-35-38(48-23-49-39(35)57)54-41(60)28-14-11-10-12-15-28/h10-12,14-15,23-27,30-31,33-34,37,43-44H,13,17-22H2,1-6,8-9H3,(H,55,71)(H,56,72)(H,52,53,61)(H,48,49,54,60)/t27-,30-,31-,33+,34-,37-,43-,44-,69?,70?/m1/s1. The lowest BCUT2D eigenvalue weighted by atomic mass is 10.00. The van der Waals surface area contributed by atoms with Gasteiger partial charge in [0.05, 0.1) is 63.5 Å². The normalized spacial score (nSPS) is 27.9. The average molecular weight is 1100 g/mol. The molecule has 5 aromatic rings. The summed E-state index contributed by atoms with van der Waals surface area (Å²) in [6, 6.07) is 9.31. The van der Waals surface area contributed by atoms with Crippen LogP contribution in [0.5, 0.6) is 0 Å². The van der Waals surface area contributed by atoms with Crippen LogP contribution in [0.3, 0.4) is 0 Å². The van der Waals surface area contributed by atoms with E-state index in [9.17, 15) is 19.6 Å². The Bertz CT molecular complexity index is 3090. The molecule has 0 aliphatic carbocycles. The SMILES string of the molecule is [C-]#[N+]CCOP1(=S)N[C@H]2[C@@H](C)[C@H](n3cnc4c(=O)[nH]c(CC(=O)C(C)C)nc43)O[C@@H]2COP(=S)(OCCC#N)N[C@H]2[C@@H](O[Si](C)(C)C(C)(C)C)[C@H](n3cnc4c(NC(=O)c5ccccc5)ncnc43)O[C@@H]2CO1. The molecule has 4 aromatic heterocycles. The Morgan fingerprint density at radius 2 is 1.59 bits per heavy atom. The molecule has 3 saturated heterocycles. The number of ether oxygens (including phenoxy) is 2. The third-order valence-corrected chi connectivity index (χ3v) is 23.0. The number of carbonyl (C=O) groups is 2. The maximum Gasteiger partial charge on any atom is 0.279 e. The smallest absolute Gasteiger partial charge is 0.279 e. The molecular formula is C45H59N13O10P2S2Si. The Morgan fingerprint density at radius 3 is 2.25 bits per heavy atom. The lowest BCUT2D eigenvalue weighted by Crippen LogP contribution is -2.53. The topological polar surface area (TPSA) is 270 Å². The molecule has 4 N–H and O–H groups in total. The van der Waals surface area contributed by atoms with Gasteiger partial charge in [-0.15, -0.1) is 0 Å². The predicted molar refractivity (Wildman–Crippen MR) is 278 cm³/mol. The fourth-order valence-electron chi connectivity index (χ4n) is 8.33. The summed E-state index contributed by atoms with van der Waals surface area (Å²) in [5, 5.41) is 19.2. The van der Waals surface area contributed by atoms with Crippen LogP contribution in [0, 0.1) is 29.7 Å². The zero-order valence-corrected chi connectivity index (χ0v) is 46.0. The molecule has 3 aliphatic heterocycles. The van der Waals surface area contributed by atoms with E-state index < -0.39 is 75.9 Å². The molecule has 3 aliphatic rings. The van der Waals surface area contributed by atoms with Crippen molar-refractivity contribution in [3.63, 3.8) is 0 Å². The van der Waals surface area contributed by atoms with Crippen LogP contribution in [0.1, 0.15) is 76.6 Å². The van der Waals surface area contributed by atoms with Gasteiger partial charge in [-0.2, -0.15) is 5.26 Å². The number of hydrogen-bond donors (Lipinski definition) is 4. The van der Waals surface area contributed by atoms with Crippen molar-refractivity contribution >= 4 is 85.1 Å². The minimum absolute atomic E-state index is 0.000842. The minimum atomic E-state index is -3.65. The van der Waals surface area contributed by atoms with Crippen LogP contribution in [0.25, 0.3) is 27.2 Å². The monoisotopic (exact) mass is 1100 g/mol. The number of Topliss-reactive ketones (excluding diaryl/α,β-unsaturated/α-hetero) is 1. The van der Waals surface area contributed by atoms with Crippen molar-refractivity contribution in [3.8, 4) is 6.07 Å². The molecule has 8 rings (SSSR count). The number of hydrogen-bond acceptors (Lipinski definition) is 18. The Morgan fingerprint density at radius 1 is 0.959 bits per heavy atom. The second-order valence-corrected chi connectivity index (χ2v) is 30.9. The van der Waals surface area contributed by atoms with Crippen molar-refractivity contribution in [2.24, 2.45) is 11.8 Å². The summed E-state index contributed by atoms with van der Waals surface area (Å²) in [6.45, 7) is 15.8. The van der Waals surface area contributed by atoms with Gasteiger partial charge in [0.1, 0.15) is 49.1 Å². The molecule has 0 radical (unpaired) electrons. The van der Waals surface area contributed by atoms with E-state index >= 15 is 0 Å². The molecule has 23 nitrogen and oxygen atoms in total. The van der Waals surface area contributed by atoms with Crippen molar-refractivity contribution in [2.75, 3.05) is 38.3 Å². The summed E-state index contributed by atoms with van der Waals surface area (Å²) in [7, 11) is -2.72. The summed E-state index contributed by atoms with van der Waals surface area (Å²) in [4.78, 5) is 68.3. The number of ketones is 1. The fraction of sp³-hybridized carbons (Fsp3) is 0.556. The molecule has 0 saturated carbocycles. The number of amides is 1. The second-order valence-electron chi connectivity index (χ2n) is 19.7. The number of nitrogens with one attached hydrogen (secondary N) is 4. The van der Waals surface area contributed by atoms with Crippen LogP contribution >= 0.6 is 13.3 Å². The van der Waals surface area contributed by atoms with Gasteiger partial charge in [-0.05, 0) is 53.9 Å². The lowest BCUT2D eigenvalue weighted by Gasteiger charge is -2.41. The molecule has 2 unspecified atom stereocenters. The largest absolute Gasteiger partial charge is 0.408 e. The number of rotatable bonds is 15. The van der Waals surface area contributed by atoms with Crippen LogP contribution in [0.2, 0.25) is 18.1 Å². The van der Waals surface area contributed by atoms with E-state index in [0.717, 1.165) is 0 Å². The average Bonchev–Trinajstić information content (AvgIpc) is 4.11. The molecule has 1 aromatic carbocycles. The van der Waals surface area contributed by atoms with E-state index in [0.29, 0.717) is 16.7 Å². The highest BCUT2D eigenvalue weighted by Crippen LogP contribution is 2.54. The summed E-state index contributed by atoms with van der Waals surface area (Å²) in [5.74, 6) is -0.871. The molecule has 28 heteroatoms. The summed E-state index contributed by atoms with van der Waals surface area (Å²) >= 11 is 12.6. The maximum atomic E-state index is 13.3. The summed E-state index contributed by atoms with van der Waals surface area (Å²) in [6.07, 6.45) is -0.140. The Balaban J connectivity index is 1.19. The Labute approximate surface area is 433 Å². The van der Waals surface area contributed by atoms with E-state index in [1.54, 1.807) is 53.6 Å². The number of aromatic nitrogens is 8. The van der Waals surface area contributed by atoms with Gasteiger partial charge < -0.3 is 47.1 Å². The third kappa shape index (κ3) is 11.9. The number of imidazole rings is 2. The fourth-order valence-corrected chi connectivity index (χ4v) is 14.4. The van der Waals surface area contributed by atoms with Crippen molar-refractivity contribution in [1.82, 2.24) is 49.2 Å². The van der Waals surface area contributed by atoms with Crippen molar-refractivity contribution < 1.29 is 41.6 Å². The first-order valence-electron chi connectivity index (χ1n) is 23.7. The molecule has 73 heavy (non-hydrogen) atoms. The Kier molecular flexibility index (Phi) is 16.7. The number of nitriles is 1. The van der Waals surface area contributed by atoms with Gasteiger partial charge in [-0.25, -0.2) is 41.7 Å². The molecule has 390 valence electrons. The molecular weight excluding hydrogens is 1040 g/mol. The number of H-pyrrole nitrogens is 1. The van der Waals surface area contributed by atoms with Gasteiger partial charge in [-0.3, -0.25) is 23.5 Å².